The molecule has 0 spiro atoms. The van der Waals surface area contributed by atoms with Gasteiger partial charge in [0.1, 0.15) is 6.54 Å². The van der Waals surface area contributed by atoms with Crippen LogP contribution in [-0.4, -0.2) is 17.0 Å². The van der Waals surface area contributed by atoms with Crippen molar-refractivity contribution < 1.29 is 9.21 Å². The molecule has 1 heterocycles. The third-order valence-corrected chi connectivity index (χ3v) is 2.58. The predicted molar refractivity (Wildman–Crippen MR) is 68.3 cm³/mol. The molecule has 0 atom stereocenters. The van der Waals surface area contributed by atoms with Gasteiger partial charge >= 0.3 is 5.76 Å². The number of hydrogen-bond acceptors (Lipinski definition) is 3. The maximum Gasteiger partial charge on any atom is 0.420 e. The zero-order chi connectivity index (χ0) is 13.1. The number of hydrogen-bond donors (Lipinski definition) is 1. The summed E-state index contributed by atoms with van der Waals surface area (Å²) in [4.78, 5) is 23.3. The highest BCUT2D eigenvalue weighted by Gasteiger charge is 2.11. The van der Waals surface area contributed by atoms with Crippen molar-refractivity contribution in [2.75, 3.05) is 6.54 Å². The standard InChI is InChI=1S/C13H16N2O3/c1-9(2)7-14-12(16)8-15-10-5-3-4-6-11(10)18-13(15)17/h3-6,9H,7-8H2,1-2H3,(H,14,16). The molecule has 2 rings (SSSR count). The van der Waals surface area contributed by atoms with Crippen LogP contribution in [0.15, 0.2) is 33.5 Å². The van der Waals surface area contributed by atoms with Crippen molar-refractivity contribution in [3.8, 4) is 0 Å². The average Bonchev–Trinajstić information content (AvgIpc) is 2.64. The second-order valence-electron chi connectivity index (χ2n) is 4.62. The van der Waals surface area contributed by atoms with Gasteiger partial charge < -0.3 is 9.73 Å². The van der Waals surface area contributed by atoms with Crippen LogP contribution >= 0.6 is 0 Å². The number of carbonyl (C=O) groups is 1. The van der Waals surface area contributed by atoms with E-state index in [1.807, 2.05) is 13.8 Å². The first-order valence-corrected chi connectivity index (χ1v) is 5.93. The van der Waals surface area contributed by atoms with Gasteiger partial charge in [0.15, 0.2) is 5.58 Å². The third kappa shape index (κ3) is 2.61. The fraction of sp³-hybridized carbons (Fsp3) is 0.385. The number of amides is 1. The van der Waals surface area contributed by atoms with Crippen molar-refractivity contribution >= 4 is 17.0 Å². The summed E-state index contributed by atoms with van der Waals surface area (Å²) < 4.78 is 6.39. The molecular formula is C13H16N2O3. The van der Waals surface area contributed by atoms with Crippen LogP contribution in [-0.2, 0) is 11.3 Å². The summed E-state index contributed by atoms with van der Waals surface area (Å²) in [5.41, 5.74) is 1.14. The molecule has 5 nitrogen and oxygen atoms in total. The SMILES string of the molecule is CC(C)CNC(=O)Cn1c(=O)oc2ccccc21. The summed E-state index contributed by atoms with van der Waals surface area (Å²) in [5.74, 6) is -0.306. The van der Waals surface area contributed by atoms with Crippen LogP contribution in [0, 0.1) is 5.92 Å². The lowest BCUT2D eigenvalue weighted by Gasteiger charge is -2.07. The van der Waals surface area contributed by atoms with Gasteiger partial charge in [-0.15, -0.1) is 0 Å². The van der Waals surface area contributed by atoms with Crippen LogP contribution in [0.2, 0.25) is 0 Å². The van der Waals surface area contributed by atoms with Crippen molar-refractivity contribution in [3.05, 3.63) is 34.8 Å². The molecular weight excluding hydrogens is 232 g/mol. The fourth-order valence-electron chi connectivity index (χ4n) is 1.68. The molecule has 1 amide bonds. The molecule has 0 aliphatic heterocycles. The van der Waals surface area contributed by atoms with Gasteiger partial charge in [-0.2, -0.15) is 0 Å². The Hall–Kier alpha value is -2.04. The number of carbonyl (C=O) groups excluding carboxylic acids is 1. The van der Waals surface area contributed by atoms with Gasteiger partial charge in [-0.25, -0.2) is 4.79 Å². The van der Waals surface area contributed by atoms with Crippen molar-refractivity contribution in [2.45, 2.75) is 20.4 Å². The molecule has 0 fully saturated rings. The van der Waals surface area contributed by atoms with Crippen molar-refractivity contribution in [1.82, 2.24) is 9.88 Å². The maximum atomic E-state index is 11.7. The Kier molecular flexibility index (Phi) is 3.50. The zero-order valence-corrected chi connectivity index (χ0v) is 10.5. The molecule has 0 unspecified atom stereocenters. The van der Waals surface area contributed by atoms with Gasteiger partial charge in [0.05, 0.1) is 5.52 Å². The van der Waals surface area contributed by atoms with E-state index >= 15 is 0 Å². The van der Waals surface area contributed by atoms with Crippen LogP contribution in [0.4, 0.5) is 0 Å². The predicted octanol–water partition coefficient (Wildman–Crippen LogP) is 1.37. The van der Waals surface area contributed by atoms with Crippen LogP contribution in [0.25, 0.3) is 11.1 Å². The molecule has 1 N–H and O–H groups in total. The van der Waals surface area contributed by atoms with Gasteiger partial charge in [-0.1, -0.05) is 26.0 Å². The molecule has 0 aliphatic carbocycles. The third-order valence-electron chi connectivity index (χ3n) is 2.58. The lowest BCUT2D eigenvalue weighted by Crippen LogP contribution is -2.33. The Morgan fingerprint density at radius 1 is 1.39 bits per heavy atom. The molecule has 0 aliphatic rings. The minimum Gasteiger partial charge on any atom is -0.408 e. The second kappa shape index (κ2) is 5.08. The van der Waals surface area contributed by atoms with E-state index in [1.165, 1.54) is 4.57 Å². The summed E-state index contributed by atoms with van der Waals surface area (Å²) in [6.07, 6.45) is 0. The summed E-state index contributed by atoms with van der Waals surface area (Å²) in [6.45, 7) is 4.62. The number of nitrogens with one attached hydrogen (secondary N) is 1. The number of fused-ring (bicyclic) bond motifs is 1. The quantitative estimate of drug-likeness (QED) is 0.888. The van der Waals surface area contributed by atoms with Gasteiger partial charge in [0.25, 0.3) is 0 Å². The number of aromatic nitrogens is 1. The van der Waals surface area contributed by atoms with Gasteiger partial charge in [-0.3, -0.25) is 9.36 Å². The first kappa shape index (κ1) is 12.4. The van der Waals surface area contributed by atoms with E-state index in [2.05, 4.69) is 5.32 Å². The minimum absolute atomic E-state index is 0.0113. The number of rotatable bonds is 4. The number of nitrogens with zero attached hydrogens (tertiary/aromatic N) is 1. The first-order chi connectivity index (χ1) is 8.58. The number of oxazole rings is 1. The monoisotopic (exact) mass is 248 g/mol. The Morgan fingerprint density at radius 3 is 2.83 bits per heavy atom. The maximum absolute atomic E-state index is 11.7. The van der Waals surface area contributed by atoms with E-state index in [0.29, 0.717) is 23.6 Å². The Balaban J connectivity index is 2.19. The smallest absolute Gasteiger partial charge is 0.408 e. The van der Waals surface area contributed by atoms with E-state index in [1.54, 1.807) is 24.3 Å². The van der Waals surface area contributed by atoms with E-state index in [4.69, 9.17) is 4.42 Å². The molecule has 1 aromatic heterocycles. The van der Waals surface area contributed by atoms with E-state index in [-0.39, 0.29) is 12.5 Å². The normalized spacial score (nSPS) is 11.1. The topological polar surface area (TPSA) is 64.2 Å². The van der Waals surface area contributed by atoms with Gasteiger partial charge in [0.2, 0.25) is 5.91 Å². The summed E-state index contributed by atoms with van der Waals surface area (Å²) in [7, 11) is 0. The fourth-order valence-corrected chi connectivity index (χ4v) is 1.68. The van der Waals surface area contributed by atoms with Gasteiger partial charge in [0, 0.05) is 6.54 Å². The van der Waals surface area contributed by atoms with E-state index in [9.17, 15) is 9.59 Å². The van der Waals surface area contributed by atoms with Crippen molar-refractivity contribution in [3.63, 3.8) is 0 Å². The molecule has 0 saturated heterocycles. The Bertz CT molecular complexity index is 610. The molecule has 0 bridgehead atoms. The van der Waals surface area contributed by atoms with Crippen LogP contribution in [0.3, 0.4) is 0 Å². The highest BCUT2D eigenvalue weighted by Crippen LogP contribution is 2.11. The number of benzene rings is 1. The summed E-state index contributed by atoms with van der Waals surface area (Å²) in [5, 5.41) is 2.77. The zero-order valence-electron chi connectivity index (χ0n) is 10.5. The molecule has 0 radical (unpaired) electrons. The Morgan fingerprint density at radius 2 is 2.11 bits per heavy atom. The largest absolute Gasteiger partial charge is 0.420 e. The molecule has 18 heavy (non-hydrogen) atoms. The van der Waals surface area contributed by atoms with Crippen molar-refractivity contribution in [2.24, 2.45) is 5.92 Å². The lowest BCUT2D eigenvalue weighted by molar-refractivity contribution is -0.121. The highest BCUT2D eigenvalue weighted by atomic mass is 16.4. The van der Waals surface area contributed by atoms with Gasteiger partial charge in [-0.05, 0) is 18.1 Å². The Labute approximate surface area is 104 Å². The molecule has 5 heteroatoms. The van der Waals surface area contributed by atoms with Crippen LogP contribution in [0.1, 0.15) is 13.8 Å². The van der Waals surface area contributed by atoms with Crippen molar-refractivity contribution in [1.29, 1.82) is 0 Å². The van der Waals surface area contributed by atoms with Crippen LogP contribution < -0.4 is 11.1 Å². The second-order valence-corrected chi connectivity index (χ2v) is 4.62. The number of para-hydroxylation sites is 2. The average molecular weight is 248 g/mol. The molecule has 2 aromatic rings. The summed E-state index contributed by atoms with van der Waals surface area (Å²) in [6, 6.07) is 7.06. The lowest BCUT2D eigenvalue weighted by atomic mass is 10.2. The van der Waals surface area contributed by atoms with E-state index < -0.39 is 5.76 Å². The molecule has 0 saturated carbocycles. The molecule has 1 aromatic carbocycles. The molecule has 96 valence electrons. The van der Waals surface area contributed by atoms with E-state index in [0.717, 1.165) is 0 Å². The first-order valence-electron chi connectivity index (χ1n) is 5.93. The minimum atomic E-state index is -0.504. The summed E-state index contributed by atoms with van der Waals surface area (Å²) >= 11 is 0. The van der Waals surface area contributed by atoms with Crippen LogP contribution in [0.5, 0.6) is 0 Å². The highest BCUT2D eigenvalue weighted by molar-refractivity contribution is 5.79.